The lowest BCUT2D eigenvalue weighted by atomic mass is 9.85. The number of carbonyl (C=O) groups excluding carboxylic acids is 3. The second-order valence-corrected chi connectivity index (χ2v) is 20.1. The first kappa shape index (κ1) is 46.1. The maximum Gasteiger partial charge on any atom is 0.306 e. The van der Waals surface area contributed by atoms with Crippen molar-refractivity contribution in [1.82, 2.24) is 35.3 Å². The molecule has 3 amide bonds. The molecular weight excluding hydrogens is 880 g/mol. The minimum atomic E-state index is -1.13. The molecular formula is C49H51FN8O6S2. The molecule has 17 heteroatoms. The molecule has 3 aromatic heterocycles. The van der Waals surface area contributed by atoms with Crippen LogP contribution in [0.1, 0.15) is 107 Å². The second-order valence-electron chi connectivity index (χ2n) is 18.1. The molecule has 1 saturated heterocycles. The monoisotopic (exact) mass is 930 g/mol. The standard InChI is InChI=1S/C49H51FN8O6S2/c1-24-27(4)66-48-40(24)41(53-37(21-39(60)61)44-56-55-28(5)58(44)48)31-13-11-30(12-14-31)35-18-17-33(19-36(35)50)45(62)54-43(49(6,7)8)47(64)57-22-34(59)20-38(57)46(63)52-25(2)29-9-15-32(16-10-29)42-26(3)51-23-65-42/h9-19,23,25,34,37-38,43,59H,20-22H2,1-8H3,(H,52,63)(H,54,62)(H,60,61)/t25-,34+,37-,38-,43?/m0/s1. The summed E-state index contributed by atoms with van der Waals surface area (Å²) < 4.78 is 17.9. The number of aliphatic carboxylic acids is 1. The molecule has 1 unspecified atom stereocenters. The van der Waals surface area contributed by atoms with E-state index in [0.717, 1.165) is 48.8 Å². The topological polar surface area (TPSA) is 192 Å². The molecule has 0 aliphatic carbocycles. The van der Waals surface area contributed by atoms with Crippen LogP contribution in [-0.4, -0.2) is 89.0 Å². The zero-order valence-corrected chi connectivity index (χ0v) is 39.5. The van der Waals surface area contributed by atoms with E-state index in [9.17, 15) is 29.4 Å². The van der Waals surface area contributed by atoms with Gasteiger partial charge in [0.1, 0.15) is 34.8 Å². The number of β-amino-alcohol motifs (C(OH)–C–C–N with tert-alkyl or cyclic N) is 1. The van der Waals surface area contributed by atoms with E-state index in [4.69, 9.17) is 4.99 Å². The predicted molar refractivity (Wildman–Crippen MR) is 252 cm³/mol. The number of aliphatic imine (C=N–C) groups is 1. The number of benzene rings is 3. The molecule has 0 spiro atoms. The van der Waals surface area contributed by atoms with Gasteiger partial charge in [-0.15, -0.1) is 32.9 Å². The first-order valence-corrected chi connectivity index (χ1v) is 23.3. The van der Waals surface area contributed by atoms with Crippen molar-refractivity contribution in [2.24, 2.45) is 10.4 Å². The van der Waals surface area contributed by atoms with Crippen LogP contribution < -0.4 is 10.6 Å². The average Bonchev–Trinajstić information content (AvgIpc) is 4.04. The Balaban J connectivity index is 0.980. The number of carbonyl (C=O) groups is 4. The van der Waals surface area contributed by atoms with Crippen molar-refractivity contribution < 1.29 is 33.8 Å². The number of halogens is 1. The van der Waals surface area contributed by atoms with Gasteiger partial charge in [0.25, 0.3) is 5.91 Å². The number of hydrogen-bond acceptors (Lipinski definition) is 11. The van der Waals surface area contributed by atoms with E-state index in [-0.39, 0.29) is 30.5 Å². The van der Waals surface area contributed by atoms with Crippen molar-refractivity contribution in [3.63, 3.8) is 0 Å². The summed E-state index contributed by atoms with van der Waals surface area (Å²) >= 11 is 3.11. The van der Waals surface area contributed by atoms with Crippen molar-refractivity contribution in [2.75, 3.05) is 6.54 Å². The number of hydrogen-bond donors (Lipinski definition) is 4. The number of aryl methyl sites for hydroxylation is 3. The van der Waals surface area contributed by atoms with Crippen LogP contribution in [0.5, 0.6) is 0 Å². The summed E-state index contributed by atoms with van der Waals surface area (Å²) in [5.74, 6) is -2.26. The number of carboxylic acid groups (broad SMARTS) is 1. The van der Waals surface area contributed by atoms with Crippen LogP contribution in [0.4, 0.5) is 4.39 Å². The molecule has 8 rings (SSSR count). The lowest BCUT2D eigenvalue weighted by Crippen LogP contribution is -2.57. The van der Waals surface area contributed by atoms with Crippen LogP contribution in [0.3, 0.4) is 0 Å². The Kier molecular flexibility index (Phi) is 12.6. The van der Waals surface area contributed by atoms with Gasteiger partial charge in [0.05, 0.1) is 40.4 Å². The van der Waals surface area contributed by atoms with E-state index in [1.807, 2.05) is 75.6 Å². The van der Waals surface area contributed by atoms with E-state index in [0.29, 0.717) is 28.5 Å². The van der Waals surface area contributed by atoms with Gasteiger partial charge >= 0.3 is 5.97 Å². The van der Waals surface area contributed by atoms with Crippen molar-refractivity contribution in [3.05, 3.63) is 128 Å². The third kappa shape index (κ3) is 8.94. The third-order valence-corrected chi connectivity index (χ3v) is 14.5. The Labute approximate surface area is 389 Å². The van der Waals surface area contributed by atoms with Crippen molar-refractivity contribution in [2.45, 2.75) is 98.5 Å². The molecule has 0 bridgehead atoms. The van der Waals surface area contributed by atoms with Crippen LogP contribution in [0.2, 0.25) is 0 Å². The fraction of sp³-hybridized carbons (Fsp3) is 0.347. The van der Waals surface area contributed by atoms with E-state index in [1.165, 1.54) is 17.0 Å². The van der Waals surface area contributed by atoms with Gasteiger partial charge in [0.2, 0.25) is 11.8 Å². The highest BCUT2D eigenvalue weighted by atomic mass is 32.1. The molecule has 2 aliphatic heterocycles. The number of rotatable bonds is 11. The smallest absolute Gasteiger partial charge is 0.306 e. The number of aromatic nitrogens is 4. The maximum absolute atomic E-state index is 16.0. The number of nitrogens with zero attached hydrogens (tertiary/aromatic N) is 6. The highest BCUT2D eigenvalue weighted by Gasteiger charge is 2.45. The van der Waals surface area contributed by atoms with Crippen molar-refractivity contribution >= 4 is 52.1 Å². The summed E-state index contributed by atoms with van der Waals surface area (Å²) in [6.07, 6.45) is -1.20. The lowest BCUT2D eigenvalue weighted by molar-refractivity contribution is -0.142. The molecule has 0 saturated carbocycles. The zero-order valence-electron chi connectivity index (χ0n) is 37.8. The fourth-order valence-electron chi connectivity index (χ4n) is 8.62. The number of amides is 3. The predicted octanol–water partition coefficient (Wildman–Crippen LogP) is 7.84. The number of thiazole rings is 1. The summed E-state index contributed by atoms with van der Waals surface area (Å²) in [5.41, 5.74) is 7.70. The Morgan fingerprint density at radius 1 is 0.924 bits per heavy atom. The number of aliphatic hydroxyl groups excluding tert-OH is 1. The SMILES string of the molecule is Cc1ncsc1-c1ccc([C@H](C)NC(=O)[C@@H]2C[C@@H](O)CN2C(=O)C(NC(=O)c2ccc(-c3ccc(C4=N[C@@H](CC(=O)O)c5nnc(C)n5-c5sc(C)c(C)c54)cc3)c(F)c2)C(C)(C)C)cc1. The summed E-state index contributed by atoms with van der Waals surface area (Å²) in [4.78, 5) is 66.7. The van der Waals surface area contributed by atoms with Gasteiger partial charge in [-0.3, -0.25) is 28.7 Å². The van der Waals surface area contributed by atoms with Crippen LogP contribution in [0, 0.1) is 38.9 Å². The maximum atomic E-state index is 16.0. The van der Waals surface area contributed by atoms with Crippen molar-refractivity contribution in [1.29, 1.82) is 0 Å². The van der Waals surface area contributed by atoms with Crippen LogP contribution in [-0.2, 0) is 14.4 Å². The van der Waals surface area contributed by atoms with Crippen molar-refractivity contribution in [3.8, 4) is 26.6 Å². The van der Waals surface area contributed by atoms with Gasteiger partial charge in [-0.25, -0.2) is 9.37 Å². The van der Waals surface area contributed by atoms with Gasteiger partial charge < -0.3 is 25.7 Å². The average molecular weight is 931 g/mol. The van der Waals surface area contributed by atoms with Gasteiger partial charge in [-0.2, -0.15) is 0 Å². The van der Waals surface area contributed by atoms with Gasteiger partial charge in [0.15, 0.2) is 5.82 Å². The molecule has 5 atom stereocenters. The van der Waals surface area contributed by atoms with Crippen LogP contribution in [0.15, 0.2) is 77.2 Å². The Hall–Kier alpha value is -6.43. The molecule has 3 aromatic carbocycles. The largest absolute Gasteiger partial charge is 0.481 e. The molecule has 1 fully saturated rings. The number of likely N-dealkylation sites (tertiary alicyclic amines) is 1. The summed E-state index contributed by atoms with van der Waals surface area (Å²) in [7, 11) is 0. The lowest BCUT2D eigenvalue weighted by Gasteiger charge is -2.35. The van der Waals surface area contributed by atoms with Crippen LogP contribution in [0.25, 0.3) is 26.6 Å². The van der Waals surface area contributed by atoms with Gasteiger partial charge in [-0.1, -0.05) is 75.4 Å². The minimum absolute atomic E-state index is 0.00794. The van der Waals surface area contributed by atoms with E-state index >= 15 is 4.39 Å². The Morgan fingerprint density at radius 2 is 1.61 bits per heavy atom. The molecule has 342 valence electrons. The number of thiophene rings is 1. The highest BCUT2D eigenvalue weighted by molar-refractivity contribution is 7.15. The first-order valence-electron chi connectivity index (χ1n) is 21.6. The molecule has 66 heavy (non-hydrogen) atoms. The number of nitrogens with one attached hydrogen (secondary N) is 2. The first-order chi connectivity index (χ1) is 31.3. The second kappa shape index (κ2) is 18.1. The molecule has 2 aliphatic rings. The van der Waals surface area contributed by atoms with E-state index in [2.05, 4.69) is 25.8 Å². The molecule has 5 heterocycles. The van der Waals surface area contributed by atoms with Crippen LogP contribution >= 0.6 is 22.7 Å². The molecule has 6 aromatic rings. The summed E-state index contributed by atoms with van der Waals surface area (Å²) in [5, 5.41) is 35.8. The fourth-order valence-corrected chi connectivity index (χ4v) is 10.6. The molecule has 0 radical (unpaired) electrons. The molecule has 14 nitrogen and oxygen atoms in total. The van der Waals surface area contributed by atoms with Gasteiger partial charge in [-0.05, 0) is 74.4 Å². The van der Waals surface area contributed by atoms with Gasteiger partial charge in [0, 0.05) is 40.1 Å². The highest BCUT2D eigenvalue weighted by Crippen LogP contribution is 2.40. The number of fused-ring (bicyclic) bond motifs is 3. The normalized spacial score (nSPS) is 17.9. The summed E-state index contributed by atoms with van der Waals surface area (Å²) in [6.45, 7) is 14.9. The van der Waals surface area contributed by atoms with E-state index < -0.39 is 65.2 Å². The molecule has 4 N–H and O–H groups in total. The Morgan fingerprint density at radius 3 is 2.24 bits per heavy atom. The third-order valence-electron chi connectivity index (χ3n) is 12.3. The number of carboxylic acids is 1. The number of aliphatic hydroxyl groups is 1. The zero-order chi connectivity index (χ0) is 47.4. The summed E-state index contributed by atoms with van der Waals surface area (Å²) in [6, 6.07) is 15.8. The minimum Gasteiger partial charge on any atom is -0.481 e. The quantitative estimate of drug-likeness (QED) is 0.100. The van der Waals surface area contributed by atoms with E-state index in [1.54, 1.807) is 61.1 Å². The Bertz CT molecular complexity index is 2900.